The van der Waals surface area contributed by atoms with Crippen LogP contribution in [0.1, 0.15) is 17.0 Å². The molecule has 2 heterocycles. The predicted molar refractivity (Wildman–Crippen MR) is 95.0 cm³/mol. The Morgan fingerprint density at radius 2 is 2.12 bits per heavy atom. The molecule has 2 atom stereocenters. The zero-order chi connectivity index (χ0) is 18.7. The van der Waals surface area contributed by atoms with Crippen LogP contribution in [-0.4, -0.2) is 58.4 Å². The van der Waals surface area contributed by atoms with Crippen molar-refractivity contribution in [3.05, 3.63) is 40.9 Å². The molecule has 0 bridgehead atoms. The first-order chi connectivity index (χ1) is 12.5. The molecule has 1 aliphatic rings. The summed E-state index contributed by atoms with van der Waals surface area (Å²) >= 11 is 1.16. The number of anilines is 1. The Morgan fingerprint density at radius 1 is 1.38 bits per heavy atom. The third-order valence-electron chi connectivity index (χ3n) is 4.35. The van der Waals surface area contributed by atoms with Gasteiger partial charge < -0.3 is 25.8 Å². The fourth-order valence-electron chi connectivity index (χ4n) is 3.00. The number of amides is 2. The van der Waals surface area contributed by atoms with Gasteiger partial charge in [-0.25, -0.2) is 4.79 Å². The normalized spacial score (nSPS) is 19.1. The smallest absolute Gasteiger partial charge is 0.407 e. The molecule has 0 spiro atoms. The van der Waals surface area contributed by atoms with Crippen LogP contribution in [0.2, 0.25) is 0 Å². The number of ether oxygens (including phenoxy) is 1. The molecule has 1 aliphatic heterocycles. The number of carbonyl (C=O) groups excluding carboxylic acids is 1. The quantitative estimate of drug-likeness (QED) is 0.686. The molecule has 1 fully saturated rings. The van der Waals surface area contributed by atoms with Gasteiger partial charge in [0.05, 0.1) is 0 Å². The lowest BCUT2D eigenvalue weighted by Gasteiger charge is -2.26. The fraction of sp³-hybridized carbons (Fsp3) is 0.375. The van der Waals surface area contributed by atoms with E-state index in [1.807, 2.05) is 6.07 Å². The number of nitrogens with zero attached hydrogens (tertiary/aromatic N) is 3. The summed E-state index contributed by atoms with van der Waals surface area (Å²) in [5.74, 6) is -0.688. The molecular formula is C16H19N5O4S. The Morgan fingerprint density at radius 3 is 2.69 bits per heavy atom. The van der Waals surface area contributed by atoms with E-state index in [1.165, 1.54) is 12.0 Å². The zero-order valence-electron chi connectivity index (χ0n) is 14.1. The van der Waals surface area contributed by atoms with Gasteiger partial charge in [0.1, 0.15) is 0 Å². The van der Waals surface area contributed by atoms with Crippen molar-refractivity contribution in [3.63, 3.8) is 0 Å². The number of carbonyl (C=O) groups is 2. The number of nitrogens with two attached hydrogens (primary N) is 1. The maximum Gasteiger partial charge on any atom is 0.407 e. The number of hydrogen-bond acceptors (Lipinski definition) is 7. The van der Waals surface area contributed by atoms with Gasteiger partial charge in [-0.1, -0.05) is 41.7 Å². The molecule has 0 radical (unpaired) electrons. The third-order valence-corrected chi connectivity index (χ3v) is 5.30. The molecule has 10 heteroatoms. The first-order valence-corrected chi connectivity index (χ1v) is 8.78. The molecule has 2 amide bonds. The van der Waals surface area contributed by atoms with Crippen LogP contribution >= 0.6 is 11.3 Å². The summed E-state index contributed by atoms with van der Waals surface area (Å²) in [4.78, 5) is 24.6. The average Bonchev–Trinajstić information content (AvgIpc) is 3.27. The van der Waals surface area contributed by atoms with Crippen molar-refractivity contribution < 1.29 is 19.4 Å². The van der Waals surface area contributed by atoms with Crippen LogP contribution in [0.4, 0.5) is 9.93 Å². The van der Waals surface area contributed by atoms with Crippen LogP contribution in [0.25, 0.3) is 0 Å². The second-order valence-electron chi connectivity index (χ2n) is 5.89. The molecule has 1 aromatic heterocycles. The summed E-state index contributed by atoms with van der Waals surface area (Å²) in [7, 11) is 1.40. The summed E-state index contributed by atoms with van der Waals surface area (Å²) in [5, 5.41) is 21.2. The van der Waals surface area contributed by atoms with E-state index in [0.29, 0.717) is 35.2 Å². The van der Waals surface area contributed by atoms with Gasteiger partial charge in [-0.2, -0.15) is 0 Å². The van der Waals surface area contributed by atoms with E-state index >= 15 is 0 Å². The molecule has 2 aromatic rings. The molecule has 0 saturated carbocycles. The van der Waals surface area contributed by atoms with Crippen molar-refractivity contribution in [3.8, 4) is 0 Å². The number of carboxylic acid groups (broad SMARTS) is 1. The number of aromatic nitrogens is 2. The van der Waals surface area contributed by atoms with Crippen LogP contribution in [0.3, 0.4) is 0 Å². The number of nitrogens with one attached hydrogen (secondary N) is 1. The Hall–Kier alpha value is -2.72. The van der Waals surface area contributed by atoms with E-state index in [2.05, 4.69) is 15.5 Å². The maximum atomic E-state index is 12.3. The Kier molecular flexibility index (Phi) is 5.05. The van der Waals surface area contributed by atoms with Gasteiger partial charge in [0.25, 0.3) is 5.91 Å². The second-order valence-corrected chi connectivity index (χ2v) is 6.86. The molecular weight excluding hydrogens is 358 g/mol. The van der Waals surface area contributed by atoms with Gasteiger partial charge in [-0.05, 0) is 6.42 Å². The van der Waals surface area contributed by atoms with Gasteiger partial charge in [0.2, 0.25) is 10.7 Å². The first kappa shape index (κ1) is 18.1. The number of benzene rings is 1. The lowest BCUT2D eigenvalue weighted by atomic mass is 9.93. The monoisotopic (exact) mass is 377 g/mol. The van der Waals surface area contributed by atoms with Gasteiger partial charge in [0.15, 0.2) is 5.01 Å². The van der Waals surface area contributed by atoms with E-state index in [0.717, 1.165) is 11.3 Å². The van der Waals surface area contributed by atoms with Gasteiger partial charge >= 0.3 is 6.09 Å². The Balaban J connectivity index is 1.85. The summed E-state index contributed by atoms with van der Waals surface area (Å²) < 4.78 is 5.52. The Labute approximate surface area is 153 Å². The van der Waals surface area contributed by atoms with E-state index < -0.39 is 17.6 Å². The van der Waals surface area contributed by atoms with Crippen molar-refractivity contribution >= 4 is 28.5 Å². The van der Waals surface area contributed by atoms with Gasteiger partial charge in [0, 0.05) is 31.8 Å². The minimum Gasteiger partial charge on any atom is -0.465 e. The molecule has 26 heavy (non-hydrogen) atoms. The molecule has 138 valence electrons. The summed E-state index contributed by atoms with van der Waals surface area (Å²) in [5.41, 5.74) is 4.69. The molecule has 4 N–H and O–H groups in total. The SMILES string of the molecule is CO[C@@](C(N)=O)(c1ccccc1)c1nnc(N[C@@H]2CCN(C(=O)O)C2)s1. The molecule has 0 unspecified atom stereocenters. The molecule has 9 nitrogen and oxygen atoms in total. The summed E-state index contributed by atoms with van der Waals surface area (Å²) in [6, 6.07) is 8.81. The standard InChI is InChI=1S/C16H19N5O4S/c1-25-16(12(17)22,10-5-3-2-4-6-10)13-19-20-14(26-13)18-11-7-8-21(9-11)15(23)24/h2-6,11H,7-9H2,1H3,(H2,17,22)(H,18,20)(H,23,24)/t11-,16-/m1/s1. The minimum absolute atomic E-state index is 0.0610. The van der Waals surface area contributed by atoms with Crippen molar-refractivity contribution in [2.24, 2.45) is 5.73 Å². The fourth-order valence-corrected chi connectivity index (χ4v) is 4.02. The van der Waals surface area contributed by atoms with E-state index in [9.17, 15) is 9.59 Å². The highest BCUT2D eigenvalue weighted by molar-refractivity contribution is 7.15. The minimum atomic E-state index is -1.53. The van der Waals surface area contributed by atoms with Crippen molar-refractivity contribution in [1.29, 1.82) is 0 Å². The molecule has 1 aromatic carbocycles. The topological polar surface area (TPSA) is 131 Å². The highest BCUT2D eigenvalue weighted by Gasteiger charge is 2.44. The van der Waals surface area contributed by atoms with E-state index in [1.54, 1.807) is 24.3 Å². The number of primary amides is 1. The van der Waals surface area contributed by atoms with E-state index in [4.69, 9.17) is 15.6 Å². The van der Waals surface area contributed by atoms with Crippen molar-refractivity contribution in [2.75, 3.05) is 25.5 Å². The Bertz CT molecular complexity index is 799. The average molecular weight is 377 g/mol. The van der Waals surface area contributed by atoms with Gasteiger partial charge in [-0.3, -0.25) is 4.79 Å². The van der Waals surface area contributed by atoms with Crippen molar-refractivity contribution in [2.45, 2.75) is 18.1 Å². The number of likely N-dealkylation sites (tertiary alicyclic amines) is 1. The van der Waals surface area contributed by atoms with Crippen LogP contribution in [0.15, 0.2) is 30.3 Å². The van der Waals surface area contributed by atoms with Crippen LogP contribution < -0.4 is 11.1 Å². The summed E-state index contributed by atoms with van der Waals surface area (Å²) in [6.45, 7) is 0.833. The van der Waals surface area contributed by atoms with Crippen molar-refractivity contribution in [1.82, 2.24) is 15.1 Å². The van der Waals surface area contributed by atoms with E-state index in [-0.39, 0.29) is 6.04 Å². The highest BCUT2D eigenvalue weighted by atomic mass is 32.1. The number of methoxy groups -OCH3 is 1. The molecule has 1 saturated heterocycles. The molecule has 0 aliphatic carbocycles. The summed E-state index contributed by atoms with van der Waals surface area (Å²) in [6.07, 6.45) is -0.269. The van der Waals surface area contributed by atoms with Crippen LogP contribution in [-0.2, 0) is 15.1 Å². The second kappa shape index (κ2) is 7.26. The van der Waals surface area contributed by atoms with Crippen LogP contribution in [0, 0.1) is 0 Å². The first-order valence-electron chi connectivity index (χ1n) is 7.96. The number of rotatable bonds is 6. The van der Waals surface area contributed by atoms with Gasteiger partial charge in [-0.15, -0.1) is 10.2 Å². The largest absolute Gasteiger partial charge is 0.465 e. The molecule has 3 rings (SSSR count). The lowest BCUT2D eigenvalue weighted by molar-refractivity contribution is -0.136. The third kappa shape index (κ3) is 3.20. The zero-order valence-corrected chi connectivity index (χ0v) is 14.9. The predicted octanol–water partition coefficient (Wildman–Crippen LogP) is 1.08. The highest BCUT2D eigenvalue weighted by Crippen LogP contribution is 2.36. The lowest BCUT2D eigenvalue weighted by Crippen LogP contribution is -2.44. The maximum absolute atomic E-state index is 12.3. The van der Waals surface area contributed by atoms with Crippen LogP contribution in [0.5, 0.6) is 0 Å². The number of hydrogen-bond donors (Lipinski definition) is 3.